The summed E-state index contributed by atoms with van der Waals surface area (Å²) in [6, 6.07) is 16.1. The third-order valence-electron chi connectivity index (χ3n) is 6.20. The minimum atomic E-state index is -0.770. The van der Waals surface area contributed by atoms with E-state index in [-0.39, 0.29) is 28.2 Å². The second kappa shape index (κ2) is 12.5. The van der Waals surface area contributed by atoms with E-state index in [0.717, 1.165) is 53.3 Å². The Labute approximate surface area is 210 Å². The van der Waals surface area contributed by atoms with Gasteiger partial charge in [-0.05, 0) is 47.6 Å². The van der Waals surface area contributed by atoms with Gasteiger partial charge in [0.15, 0.2) is 0 Å². The highest BCUT2D eigenvalue weighted by atomic mass is 32.2. The van der Waals surface area contributed by atoms with Gasteiger partial charge in [-0.25, -0.2) is 0 Å². The average molecular weight is 497 g/mol. The van der Waals surface area contributed by atoms with E-state index in [0.29, 0.717) is 25.8 Å². The number of hydrogen-bond acceptors (Lipinski definition) is 5. The molecule has 2 N–H and O–H groups in total. The fourth-order valence-electron chi connectivity index (χ4n) is 4.00. The molecule has 2 atom stereocenters. The molecule has 1 heterocycles. The number of nitrogens with one attached hydrogen (secondary N) is 1. The van der Waals surface area contributed by atoms with Gasteiger partial charge >= 0.3 is 5.97 Å². The van der Waals surface area contributed by atoms with Gasteiger partial charge in [-0.15, -0.1) is 0 Å². The molecule has 2 aromatic carbocycles. The number of nitrogens with zero attached hydrogens (tertiary/aromatic N) is 1. The molecule has 0 spiro atoms. The third-order valence-corrected chi connectivity index (χ3v) is 7.18. The highest BCUT2D eigenvalue weighted by Gasteiger charge is 2.31. The van der Waals surface area contributed by atoms with Gasteiger partial charge in [-0.2, -0.15) is 0 Å². The summed E-state index contributed by atoms with van der Waals surface area (Å²) in [5.41, 5.74) is 4.12. The van der Waals surface area contributed by atoms with Gasteiger partial charge in [0.2, 0.25) is 11.8 Å². The molecule has 3 rings (SSSR count). The number of unbranched alkanes of at least 4 members (excludes halogenated alkanes) is 2. The standard InChI is InChI=1S/C27H32N2O5S/c1-18(26(32)33)7-4-3-5-10-24(30)29(2)17-20-8-6-9-22(15-20)21-13-11-19(12-14-21)16-23-25(31)28-27(34)35-23/h6,8-9,11-15,18,23H,3-5,7,10,16-17H2,1-2H3,(H,32,33)(H,28,31,34). The fourth-order valence-corrected chi connectivity index (χ4v) is 4.86. The van der Waals surface area contributed by atoms with Crippen molar-refractivity contribution in [3.05, 3.63) is 59.7 Å². The van der Waals surface area contributed by atoms with Crippen molar-refractivity contribution in [2.45, 2.75) is 57.2 Å². The number of carboxylic acid groups (broad SMARTS) is 1. The lowest BCUT2D eigenvalue weighted by molar-refractivity contribution is -0.141. The maximum Gasteiger partial charge on any atom is 0.306 e. The lowest BCUT2D eigenvalue weighted by atomic mass is 10.00. The number of amides is 3. The normalized spacial score (nSPS) is 16.1. The second-order valence-corrected chi connectivity index (χ2v) is 10.2. The summed E-state index contributed by atoms with van der Waals surface area (Å²) in [5, 5.41) is 10.6. The van der Waals surface area contributed by atoms with E-state index in [2.05, 4.69) is 11.4 Å². The number of rotatable bonds is 12. The lowest BCUT2D eigenvalue weighted by Crippen LogP contribution is -2.25. The Hall–Kier alpha value is -3.13. The number of hydrogen-bond donors (Lipinski definition) is 2. The maximum absolute atomic E-state index is 12.5. The molecule has 0 aromatic heterocycles. The van der Waals surface area contributed by atoms with E-state index >= 15 is 0 Å². The van der Waals surface area contributed by atoms with Gasteiger partial charge < -0.3 is 10.0 Å². The van der Waals surface area contributed by atoms with Crippen LogP contribution in [0.1, 0.15) is 50.2 Å². The van der Waals surface area contributed by atoms with Crippen LogP contribution in [0.2, 0.25) is 0 Å². The van der Waals surface area contributed by atoms with Crippen molar-refractivity contribution in [2.75, 3.05) is 7.05 Å². The quantitative estimate of drug-likeness (QED) is 0.406. The van der Waals surface area contributed by atoms with E-state index in [1.54, 1.807) is 18.9 Å². The molecule has 1 fully saturated rings. The molecule has 1 aliphatic heterocycles. The van der Waals surface area contributed by atoms with Crippen LogP contribution in [0.4, 0.5) is 4.79 Å². The molecule has 0 radical (unpaired) electrons. The molecule has 7 nitrogen and oxygen atoms in total. The number of imide groups is 1. The molecular weight excluding hydrogens is 464 g/mol. The second-order valence-electron chi connectivity index (χ2n) is 9.07. The van der Waals surface area contributed by atoms with Crippen molar-refractivity contribution >= 4 is 34.8 Å². The zero-order valence-corrected chi connectivity index (χ0v) is 21.0. The summed E-state index contributed by atoms with van der Waals surface area (Å²) in [4.78, 5) is 48.2. The molecule has 0 aliphatic carbocycles. The van der Waals surface area contributed by atoms with Crippen LogP contribution in [0.5, 0.6) is 0 Å². The Morgan fingerprint density at radius 1 is 1.03 bits per heavy atom. The summed E-state index contributed by atoms with van der Waals surface area (Å²) in [5.74, 6) is -1.26. The first-order valence-corrected chi connectivity index (χ1v) is 12.8. The minimum absolute atomic E-state index is 0.0818. The first-order chi connectivity index (χ1) is 16.7. The third kappa shape index (κ3) is 7.96. The predicted octanol–water partition coefficient (Wildman–Crippen LogP) is 4.88. The van der Waals surface area contributed by atoms with Gasteiger partial charge in [0.05, 0.1) is 11.2 Å². The van der Waals surface area contributed by atoms with Crippen LogP contribution in [-0.2, 0) is 27.3 Å². The zero-order chi connectivity index (χ0) is 25.4. The van der Waals surface area contributed by atoms with Crippen LogP contribution in [0, 0.1) is 5.92 Å². The van der Waals surface area contributed by atoms with Crippen LogP contribution in [0.3, 0.4) is 0 Å². The largest absolute Gasteiger partial charge is 0.481 e. The SMILES string of the molecule is CC(CCCCCC(=O)N(C)Cc1cccc(-c2ccc(CC3SC(=O)NC3=O)cc2)c1)C(=O)O. The van der Waals surface area contributed by atoms with Gasteiger partial charge in [0.25, 0.3) is 5.24 Å². The van der Waals surface area contributed by atoms with Crippen LogP contribution in [-0.4, -0.2) is 45.3 Å². The summed E-state index contributed by atoms with van der Waals surface area (Å²) in [6.45, 7) is 2.23. The Balaban J connectivity index is 1.49. The molecule has 1 saturated heterocycles. The van der Waals surface area contributed by atoms with Gasteiger partial charge in [0, 0.05) is 20.0 Å². The Morgan fingerprint density at radius 3 is 2.43 bits per heavy atom. The van der Waals surface area contributed by atoms with E-state index < -0.39 is 5.97 Å². The Bertz CT molecular complexity index is 1070. The van der Waals surface area contributed by atoms with Crippen molar-refractivity contribution in [3.8, 4) is 11.1 Å². The molecule has 2 aromatic rings. The molecule has 2 unspecified atom stereocenters. The monoisotopic (exact) mass is 496 g/mol. The number of thioether (sulfide) groups is 1. The van der Waals surface area contributed by atoms with E-state index in [1.165, 1.54) is 0 Å². The molecule has 3 amide bonds. The molecule has 1 aliphatic rings. The number of benzene rings is 2. The number of carbonyl (C=O) groups is 4. The van der Waals surface area contributed by atoms with Crippen LogP contribution in [0.15, 0.2) is 48.5 Å². The smallest absolute Gasteiger partial charge is 0.306 e. The fraction of sp³-hybridized carbons (Fsp3) is 0.407. The molecule has 35 heavy (non-hydrogen) atoms. The van der Waals surface area contributed by atoms with Crippen molar-refractivity contribution in [2.24, 2.45) is 5.92 Å². The van der Waals surface area contributed by atoms with Crippen molar-refractivity contribution in [1.29, 1.82) is 0 Å². The van der Waals surface area contributed by atoms with Crippen molar-refractivity contribution in [3.63, 3.8) is 0 Å². The van der Waals surface area contributed by atoms with Gasteiger partial charge in [-0.1, -0.05) is 74.0 Å². The number of aliphatic carboxylic acids is 1. The van der Waals surface area contributed by atoms with Crippen LogP contribution in [0.25, 0.3) is 11.1 Å². The summed E-state index contributed by atoms with van der Waals surface area (Å²) in [7, 11) is 1.80. The van der Waals surface area contributed by atoms with Crippen LogP contribution >= 0.6 is 11.8 Å². The lowest BCUT2D eigenvalue weighted by Gasteiger charge is -2.18. The molecule has 186 valence electrons. The summed E-state index contributed by atoms with van der Waals surface area (Å²) >= 11 is 1.03. The van der Waals surface area contributed by atoms with Crippen molar-refractivity contribution in [1.82, 2.24) is 10.2 Å². The Morgan fingerprint density at radius 2 is 1.77 bits per heavy atom. The van der Waals surface area contributed by atoms with Gasteiger partial charge in [-0.3, -0.25) is 24.5 Å². The minimum Gasteiger partial charge on any atom is -0.481 e. The number of carboxylic acids is 1. The van der Waals surface area contributed by atoms with E-state index in [9.17, 15) is 19.2 Å². The summed E-state index contributed by atoms with van der Waals surface area (Å²) in [6.07, 6.45) is 4.04. The topological polar surface area (TPSA) is 104 Å². The zero-order valence-electron chi connectivity index (χ0n) is 20.2. The number of carbonyl (C=O) groups excluding carboxylic acids is 3. The first kappa shape index (κ1) is 26.5. The molecule has 0 saturated carbocycles. The van der Waals surface area contributed by atoms with Gasteiger partial charge in [0.1, 0.15) is 0 Å². The molecule has 0 bridgehead atoms. The van der Waals surface area contributed by atoms with Crippen molar-refractivity contribution < 1.29 is 24.3 Å². The highest BCUT2D eigenvalue weighted by Crippen LogP contribution is 2.26. The predicted molar refractivity (Wildman–Crippen MR) is 137 cm³/mol. The first-order valence-electron chi connectivity index (χ1n) is 11.9. The highest BCUT2D eigenvalue weighted by molar-refractivity contribution is 8.15. The van der Waals surface area contributed by atoms with E-state index in [1.807, 2.05) is 42.5 Å². The maximum atomic E-state index is 12.5. The summed E-state index contributed by atoms with van der Waals surface area (Å²) < 4.78 is 0. The molecule has 8 heteroatoms. The molecular formula is C27H32N2O5S. The Kier molecular flexibility index (Phi) is 9.48. The average Bonchev–Trinajstić information content (AvgIpc) is 3.15. The van der Waals surface area contributed by atoms with Crippen LogP contribution < -0.4 is 5.32 Å². The van der Waals surface area contributed by atoms with E-state index in [4.69, 9.17) is 5.11 Å².